The largest absolute Gasteiger partial charge is 0.440 e. The number of esters is 1. The van der Waals surface area contributed by atoms with Crippen molar-refractivity contribution in [2.75, 3.05) is 19.8 Å². The molecular weight excluding hydrogens is 420 g/mol. The minimum atomic E-state index is -3.61. The van der Waals surface area contributed by atoms with Gasteiger partial charge in [0.25, 0.3) is 11.8 Å². The van der Waals surface area contributed by atoms with Crippen LogP contribution in [-0.2, 0) is 14.8 Å². The van der Waals surface area contributed by atoms with Crippen molar-refractivity contribution in [3.05, 3.63) is 65.2 Å². The molecule has 1 saturated heterocycles. The quantitative estimate of drug-likeness (QED) is 0.521. The van der Waals surface area contributed by atoms with Gasteiger partial charge in [0, 0.05) is 13.1 Å². The smallest absolute Gasteiger partial charge is 0.339 e. The molecule has 1 fully saturated rings. The second-order valence-electron chi connectivity index (χ2n) is 7.49. The summed E-state index contributed by atoms with van der Waals surface area (Å²) in [4.78, 5) is 38.0. The molecule has 2 heterocycles. The fraction of sp³-hybridized carbons (Fsp3) is 0.318. The predicted molar refractivity (Wildman–Crippen MR) is 111 cm³/mol. The normalized spacial score (nSPS) is 17.4. The van der Waals surface area contributed by atoms with Crippen molar-refractivity contribution in [2.24, 2.45) is 0 Å². The molecule has 0 N–H and O–H groups in total. The Bertz CT molecular complexity index is 1080. The number of amides is 2. The summed E-state index contributed by atoms with van der Waals surface area (Å²) >= 11 is 0. The van der Waals surface area contributed by atoms with Gasteiger partial charge in [-0.15, -0.1) is 0 Å². The number of sulfonamides is 1. The zero-order chi connectivity index (χ0) is 22.0. The van der Waals surface area contributed by atoms with Crippen LogP contribution < -0.4 is 0 Å². The lowest BCUT2D eigenvalue weighted by Crippen LogP contribution is -2.33. The van der Waals surface area contributed by atoms with Gasteiger partial charge in [-0.1, -0.05) is 25.0 Å². The van der Waals surface area contributed by atoms with Gasteiger partial charge in [-0.2, -0.15) is 4.31 Å². The number of nitrogens with zero attached hydrogens (tertiary/aromatic N) is 2. The van der Waals surface area contributed by atoms with Crippen LogP contribution >= 0.6 is 0 Å². The minimum absolute atomic E-state index is 0.117. The first kappa shape index (κ1) is 21.2. The van der Waals surface area contributed by atoms with Crippen LogP contribution in [0.25, 0.3) is 0 Å². The number of carbonyl (C=O) groups is 3. The standard InChI is InChI=1S/C22H22N2O6S/c25-20-18-7-3-4-8-19(18)21(26)24(20)15-30-22(27)16-9-11-17(12-10-16)31(28,29)23-13-5-1-2-6-14-23/h3-4,7-12H,1-2,5-6,13-15H2. The third kappa shape index (κ3) is 4.11. The van der Waals surface area contributed by atoms with Crippen LogP contribution in [-0.4, -0.2) is 55.2 Å². The van der Waals surface area contributed by atoms with E-state index in [0.29, 0.717) is 13.1 Å². The van der Waals surface area contributed by atoms with E-state index >= 15 is 0 Å². The number of hydrogen-bond donors (Lipinski definition) is 0. The van der Waals surface area contributed by atoms with Crippen molar-refractivity contribution in [1.82, 2.24) is 9.21 Å². The van der Waals surface area contributed by atoms with Gasteiger partial charge in [-0.3, -0.25) is 9.59 Å². The van der Waals surface area contributed by atoms with E-state index < -0.39 is 34.5 Å². The molecule has 2 aromatic carbocycles. The number of benzene rings is 2. The minimum Gasteiger partial charge on any atom is -0.440 e. The van der Waals surface area contributed by atoms with Gasteiger partial charge in [0.15, 0.2) is 6.73 Å². The maximum atomic E-state index is 12.8. The lowest BCUT2D eigenvalue weighted by molar-refractivity contribution is 0.0228. The van der Waals surface area contributed by atoms with E-state index in [2.05, 4.69) is 0 Å². The molecule has 2 aliphatic rings. The van der Waals surface area contributed by atoms with Gasteiger partial charge in [-0.05, 0) is 49.2 Å². The SMILES string of the molecule is O=C(OCN1C(=O)c2ccccc2C1=O)c1ccc(S(=O)(=O)N2CCCCCC2)cc1. The summed E-state index contributed by atoms with van der Waals surface area (Å²) in [5.74, 6) is -1.80. The second-order valence-corrected chi connectivity index (χ2v) is 9.43. The first-order chi connectivity index (χ1) is 14.9. The molecule has 31 heavy (non-hydrogen) atoms. The molecule has 2 aromatic rings. The molecule has 0 spiro atoms. The van der Waals surface area contributed by atoms with Gasteiger partial charge in [-0.25, -0.2) is 18.1 Å². The highest BCUT2D eigenvalue weighted by atomic mass is 32.2. The summed E-state index contributed by atoms with van der Waals surface area (Å²) in [7, 11) is -3.61. The molecule has 0 unspecified atom stereocenters. The van der Waals surface area contributed by atoms with Gasteiger partial charge < -0.3 is 4.74 Å². The summed E-state index contributed by atoms with van der Waals surface area (Å²) < 4.78 is 32.3. The number of hydrogen-bond acceptors (Lipinski definition) is 6. The van der Waals surface area contributed by atoms with E-state index in [9.17, 15) is 22.8 Å². The Hall–Kier alpha value is -3.04. The molecular formula is C22H22N2O6S. The van der Waals surface area contributed by atoms with Crippen molar-refractivity contribution in [2.45, 2.75) is 30.6 Å². The molecule has 0 atom stereocenters. The molecule has 0 radical (unpaired) electrons. The topological polar surface area (TPSA) is 101 Å². The highest BCUT2D eigenvalue weighted by Crippen LogP contribution is 2.23. The second kappa shape index (κ2) is 8.60. The van der Waals surface area contributed by atoms with Crippen LogP contribution in [0.4, 0.5) is 0 Å². The molecule has 0 aromatic heterocycles. The Labute approximate surface area is 180 Å². The van der Waals surface area contributed by atoms with E-state index in [0.717, 1.165) is 30.6 Å². The number of imide groups is 1. The first-order valence-corrected chi connectivity index (χ1v) is 11.6. The monoisotopic (exact) mass is 442 g/mol. The summed E-state index contributed by atoms with van der Waals surface area (Å²) in [6.45, 7) is 0.470. The van der Waals surface area contributed by atoms with Gasteiger partial charge in [0.1, 0.15) is 0 Å². The van der Waals surface area contributed by atoms with E-state index in [1.807, 2.05) is 0 Å². The Morgan fingerprint density at radius 2 is 1.39 bits per heavy atom. The average Bonchev–Trinajstić information content (AvgIpc) is 2.98. The fourth-order valence-corrected chi connectivity index (χ4v) is 5.27. The predicted octanol–water partition coefficient (Wildman–Crippen LogP) is 2.66. The van der Waals surface area contributed by atoms with Crippen molar-refractivity contribution in [3.8, 4) is 0 Å². The molecule has 8 nitrogen and oxygen atoms in total. The molecule has 0 bridgehead atoms. The summed E-state index contributed by atoms with van der Waals surface area (Å²) in [6, 6.07) is 11.9. The summed E-state index contributed by atoms with van der Waals surface area (Å²) in [5.41, 5.74) is 0.671. The lowest BCUT2D eigenvalue weighted by Gasteiger charge is -2.20. The maximum Gasteiger partial charge on any atom is 0.339 e. The lowest BCUT2D eigenvalue weighted by atomic mass is 10.1. The van der Waals surface area contributed by atoms with E-state index in [1.165, 1.54) is 28.6 Å². The van der Waals surface area contributed by atoms with Crippen LogP contribution in [0.3, 0.4) is 0 Å². The van der Waals surface area contributed by atoms with Crippen molar-refractivity contribution in [1.29, 1.82) is 0 Å². The Morgan fingerprint density at radius 3 is 1.94 bits per heavy atom. The van der Waals surface area contributed by atoms with Crippen LogP contribution in [0.15, 0.2) is 53.4 Å². The number of rotatable bonds is 5. The van der Waals surface area contributed by atoms with Gasteiger partial charge in [0.2, 0.25) is 10.0 Å². The van der Waals surface area contributed by atoms with Gasteiger partial charge in [0.05, 0.1) is 21.6 Å². The first-order valence-electron chi connectivity index (χ1n) is 10.1. The van der Waals surface area contributed by atoms with Crippen molar-refractivity contribution < 1.29 is 27.5 Å². The average molecular weight is 442 g/mol. The Morgan fingerprint density at radius 1 is 0.839 bits per heavy atom. The molecule has 9 heteroatoms. The zero-order valence-electron chi connectivity index (χ0n) is 16.8. The van der Waals surface area contributed by atoms with Gasteiger partial charge >= 0.3 is 5.97 Å². The van der Waals surface area contributed by atoms with Crippen molar-refractivity contribution >= 4 is 27.8 Å². The Kier molecular flexibility index (Phi) is 5.88. The van der Waals surface area contributed by atoms with Crippen LogP contribution in [0.1, 0.15) is 56.8 Å². The highest BCUT2D eigenvalue weighted by Gasteiger charge is 2.36. The number of fused-ring (bicyclic) bond motifs is 1. The molecule has 2 aliphatic heterocycles. The summed E-state index contributed by atoms with van der Waals surface area (Å²) in [5, 5.41) is 0. The molecule has 162 valence electrons. The molecule has 0 saturated carbocycles. The Balaban J connectivity index is 1.41. The van der Waals surface area contributed by atoms with E-state index in [4.69, 9.17) is 4.74 Å². The van der Waals surface area contributed by atoms with E-state index in [-0.39, 0.29) is 21.6 Å². The number of carbonyl (C=O) groups excluding carboxylic acids is 3. The third-order valence-electron chi connectivity index (χ3n) is 5.50. The fourth-order valence-electron chi connectivity index (χ4n) is 3.76. The maximum absolute atomic E-state index is 12.8. The van der Waals surface area contributed by atoms with E-state index in [1.54, 1.807) is 24.3 Å². The number of ether oxygens (including phenoxy) is 1. The van der Waals surface area contributed by atoms with Crippen LogP contribution in [0.2, 0.25) is 0 Å². The highest BCUT2D eigenvalue weighted by molar-refractivity contribution is 7.89. The summed E-state index contributed by atoms with van der Waals surface area (Å²) in [6.07, 6.45) is 3.71. The molecule has 4 rings (SSSR count). The third-order valence-corrected chi connectivity index (χ3v) is 7.41. The zero-order valence-corrected chi connectivity index (χ0v) is 17.6. The molecule has 0 aliphatic carbocycles. The van der Waals surface area contributed by atoms with Crippen LogP contribution in [0, 0.1) is 0 Å². The van der Waals surface area contributed by atoms with Crippen LogP contribution in [0.5, 0.6) is 0 Å². The molecule has 2 amide bonds. The van der Waals surface area contributed by atoms with Crippen molar-refractivity contribution in [3.63, 3.8) is 0 Å².